The van der Waals surface area contributed by atoms with Crippen molar-refractivity contribution >= 4 is 39.9 Å². The van der Waals surface area contributed by atoms with Crippen LogP contribution in [0.25, 0.3) is 0 Å². The molecule has 0 bridgehead atoms. The summed E-state index contributed by atoms with van der Waals surface area (Å²) >= 11 is 8.49. The van der Waals surface area contributed by atoms with E-state index in [4.69, 9.17) is 11.6 Å². The summed E-state index contributed by atoms with van der Waals surface area (Å²) in [5, 5.41) is 4.19. The Labute approximate surface area is 133 Å². The zero-order valence-corrected chi connectivity index (χ0v) is 14.3. The first-order valence-corrected chi connectivity index (χ1v) is 7.83. The molecule has 0 radical (unpaired) electrons. The summed E-state index contributed by atoms with van der Waals surface area (Å²) in [6.07, 6.45) is 0. The molecule has 0 amide bonds. The van der Waals surface area contributed by atoms with E-state index in [1.807, 2.05) is 12.1 Å². The molecule has 19 heavy (non-hydrogen) atoms. The fourth-order valence-corrected chi connectivity index (χ4v) is 3.28. The van der Waals surface area contributed by atoms with E-state index in [1.54, 1.807) is 0 Å². The monoisotopic (exact) mass is 388 g/mol. The van der Waals surface area contributed by atoms with Crippen LogP contribution in [-0.4, -0.2) is 4.57 Å². The SMILES string of the molecule is CCn1c(C)cc(CNc2ccc(I)cc2Cl)c1C. The number of aryl methyl sites for hydroxylation is 1. The number of benzene rings is 1. The van der Waals surface area contributed by atoms with Crippen molar-refractivity contribution in [3.63, 3.8) is 0 Å². The molecule has 0 saturated carbocycles. The molecule has 2 rings (SSSR count). The lowest BCUT2D eigenvalue weighted by Crippen LogP contribution is -2.03. The Morgan fingerprint density at radius 3 is 2.58 bits per heavy atom. The standard InChI is InChI=1S/C15H18ClIN2/c1-4-19-10(2)7-12(11(19)3)9-18-15-6-5-13(17)8-14(15)16/h5-8,18H,4,9H2,1-3H3. The van der Waals surface area contributed by atoms with Gasteiger partial charge in [-0.3, -0.25) is 0 Å². The minimum Gasteiger partial charge on any atom is -0.380 e. The zero-order valence-electron chi connectivity index (χ0n) is 11.4. The topological polar surface area (TPSA) is 17.0 Å². The van der Waals surface area contributed by atoms with E-state index < -0.39 is 0 Å². The van der Waals surface area contributed by atoms with Crippen molar-refractivity contribution in [3.05, 3.63) is 49.8 Å². The maximum atomic E-state index is 6.23. The van der Waals surface area contributed by atoms with Gasteiger partial charge in [0.15, 0.2) is 0 Å². The fourth-order valence-electron chi connectivity index (χ4n) is 2.36. The summed E-state index contributed by atoms with van der Waals surface area (Å²) in [4.78, 5) is 0. The fraction of sp³-hybridized carbons (Fsp3) is 0.333. The Bertz CT molecular complexity index is 590. The van der Waals surface area contributed by atoms with Gasteiger partial charge in [0.2, 0.25) is 0 Å². The van der Waals surface area contributed by atoms with Crippen LogP contribution < -0.4 is 5.32 Å². The average molecular weight is 389 g/mol. The van der Waals surface area contributed by atoms with Gasteiger partial charge in [-0.05, 0) is 73.2 Å². The number of hydrogen-bond acceptors (Lipinski definition) is 1. The molecule has 2 aromatic rings. The number of nitrogens with zero attached hydrogens (tertiary/aromatic N) is 1. The van der Waals surface area contributed by atoms with Gasteiger partial charge in [0.05, 0.1) is 10.7 Å². The third-order valence-corrected chi connectivity index (χ3v) is 4.38. The molecule has 2 nitrogen and oxygen atoms in total. The number of nitrogens with one attached hydrogen (secondary N) is 1. The second-order valence-electron chi connectivity index (χ2n) is 4.62. The third kappa shape index (κ3) is 3.26. The van der Waals surface area contributed by atoms with Gasteiger partial charge in [-0.1, -0.05) is 11.6 Å². The van der Waals surface area contributed by atoms with Gasteiger partial charge in [0, 0.05) is 28.0 Å². The Balaban J connectivity index is 2.14. The summed E-state index contributed by atoms with van der Waals surface area (Å²) < 4.78 is 3.48. The molecule has 0 saturated heterocycles. The van der Waals surface area contributed by atoms with E-state index >= 15 is 0 Å². The van der Waals surface area contributed by atoms with Gasteiger partial charge >= 0.3 is 0 Å². The van der Waals surface area contributed by atoms with Crippen LogP contribution in [0.1, 0.15) is 23.9 Å². The normalized spacial score (nSPS) is 10.8. The maximum Gasteiger partial charge on any atom is 0.0648 e. The lowest BCUT2D eigenvalue weighted by Gasteiger charge is -2.10. The van der Waals surface area contributed by atoms with E-state index in [0.29, 0.717) is 0 Å². The quantitative estimate of drug-likeness (QED) is 0.730. The first kappa shape index (κ1) is 14.7. The highest BCUT2D eigenvalue weighted by Crippen LogP contribution is 2.25. The molecule has 0 unspecified atom stereocenters. The molecule has 4 heteroatoms. The Morgan fingerprint density at radius 1 is 1.26 bits per heavy atom. The van der Waals surface area contributed by atoms with Crippen molar-refractivity contribution < 1.29 is 0 Å². The van der Waals surface area contributed by atoms with Gasteiger partial charge in [-0.15, -0.1) is 0 Å². The number of rotatable bonds is 4. The lowest BCUT2D eigenvalue weighted by molar-refractivity contribution is 0.715. The summed E-state index contributed by atoms with van der Waals surface area (Å²) in [7, 11) is 0. The van der Waals surface area contributed by atoms with E-state index in [9.17, 15) is 0 Å². The average Bonchev–Trinajstić information content (AvgIpc) is 2.63. The largest absolute Gasteiger partial charge is 0.380 e. The van der Waals surface area contributed by atoms with E-state index in [-0.39, 0.29) is 0 Å². The van der Waals surface area contributed by atoms with Crippen LogP contribution in [0.4, 0.5) is 5.69 Å². The first-order chi connectivity index (χ1) is 9.02. The summed E-state index contributed by atoms with van der Waals surface area (Å²) in [6.45, 7) is 8.32. The highest BCUT2D eigenvalue weighted by Gasteiger charge is 2.08. The van der Waals surface area contributed by atoms with Crippen molar-refractivity contribution in [1.82, 2.24) is 4.57 Å². The van der Waals surface area contributed by atoms with Crippen LogP contribution in [-0.2, 0) is 13.1 Å². The molecule has 0 atom stereocenters. The molecule has 0 aliphatic carbocycles. The van der Waals surface area contributed by atoms with Crippen molar-refractivity contribution in [2.75, 3.05) is 5.32 Å². The van der Waals surface area contributed by atoms with Gasteiger partial charge in [-0.25, -0.2) is 0 Å². The summed E-state index contributed by atoms with van der Waals surface area (Å²) in [5.41, 5.74) is 4.96. The summed E-state index contributed by atoms with van der Waals surface area (Å²) in [5.74, 6) is 0. The zero-order chi connectivity index (χ0) is 14.0. The van der Waals surface area contributed by atoms with Crippen LogP contribution in [0.2, 0.25) is 5.02 Å². The van der Waals surface area contributed by atoms with Crippen molar-refractivity contribution in [2.45, 2.75) is 33.9 Å². The number of hydrogen-bond donors (Lipinski definition) is 1. The Morgan fingerprint density at radius 2 is 2.00 bits per heavy atom. The number of anilines is 1. The lowest BCUT2D eigenvalue weighted by atomic mass is 10.2. The van der Waals surface area contributed by atoms with Crippen molar-refractivity contribution in [1.29, 1.82) is 0 Å². The molecule has 1 aromatic carbocycles. The van der Waals surface area contributed by atoms with Crippen LogP contribution in [0.3, 0.4) is 0 Å². The Hall–Kier alpha value is -0.680. The molecular weight excluding hydrogens is 371 g/mol. The van der Waals surface area contributed by atoms with Crippen LogP contribution in [0.5, 0.6) is 0 Å². The minimum absolute atomic E-state index is 0.774. The van der Waals surface area contributed by atoms with Crippen molar-refractivity contribution in [3.8, 4) is 0 Å². The molecule has 0 aliphatic rings. The number of halogens is 2. The second-order valence-corrected chi connectivity index (χ2v) is 6.27. The minimum atomic E-state index is 0.774. The molecule has 0 aliphatic heterocycles. The highest BCUT2D eigenvalue weighted by atomic mass is 127. The van der Waals surface area contributed by atoms with Crippen LogP contribution >= 0.6 is 34.2 Å². The van der Waals surface area contributed by atoms with E-state index in [0.717, 1.165) is 27.4 Å². The predicted molar refractivity (Wildman–Crippen MR) is 91.1 cm³/mol. The molecular formula is C15H18ClIN2. The van der Waals surface area contributed by atoms with Crippen LogP contribution in [0.15, 0.2) is 24.3 Å². The van der Waals surface area contributed by atoms with Gasteiger partial charge in [-0.2, -0.15) is 0 Å². The maximum absolute atomic E-state index is 6.23. The first-order valence-electron chi connectivity index (χ1n) is 6.37. The molecule has 1 aromatic heterocycles. The molecule has 0 fully saturated rings. The second kappa shape index (κ2) is 6.18. The smallest absolute Gasteiger partial charge is 0.0648 e. The summed E-state index contributed by atoms with van der Waals surface area (Å²) in [6, 6.07) is 8.30. The van der Waals surface area contributed by atoms with Gasteiger partial charge in [0.1, 0.15) is 0 Å². The van der Waals surface area contributed by atoms with Gasteiger partial charge < -0.3 is 9.88 Å². The Kier molecular flexibility index (Phi) is 4.79. The molecule has 1 heterocycles. The highest BCUT2D eigenvalue weighted by molar-refractivity contribution is 14.1. The molecule has 1 N–H and O–H groups in total. The van der Waals surface area contributed by atoms with E-state index in [1.165, 1.54) is 17.0 Å². The molecule has 102 valence electrons. The van der Waals surface area contributed by atoms with Crippen LogP contribution in [0, 0.1) is 17.4 Å². The van der Waals surface area contributed by atoms with E-state index in [2.05, 4.69) is 65.4 Å². The third-order valence-electron chi connectivity index (χ3n) is 3.40. The van der Waals surface area contributed by atoms with Gasteiger partial charge in [0.25, 0.3) is 0 Å². The molecule has 0 spiro atoms. The number of aromatic nitrogens is 1. The predicted octanol–water partition coefficient (Wildman–Crippen LogP) is 4.99. The van der Waals surface area contributed by atoms with Crippen molar-refractivity contribution in [2.24, 2.45) is 0 Å².